The summed E-state index contributed by atoms with van der Waals surface area (Å²) in [4.78, 5) is 15.6. The summed E-state index contributed by atoms with van der Waals surface area (Å²) in [5.41, 5.74) is 3.31. The van der Waals surface area contributed by atoms with Gasteiger partial charge < -0.3 is 0 Å². The van der Waals surface area contributed by atoms with Crippen molar-refractivity contribution in [2.75, 3.05) is 0 Å². The van der Waals surface area contributed by atoms with E-state index < -0.39 is 5.91 Å². The van der Waals surface area contributed by atoms with E-state index in [2.05, 4.69) is 15.5 Å². The van der Waals surface area contributed by atoms with Crippen molar-refractivity contribution < 1.29 is 4.79 Å². The first-order valence-corrected chi connectivity index (χ1v) is 6.60. The van der Waals surface area contributed by atoms with Crippen LogP contribution >= 0.6 is 34.8 Å². The summed E-state index contributed by atoms with van der Waals surface area (Å²) < 4.78 is 0. The summed E-state index contributed by atoms with van der Waals surface area (Å²) in [5.74, 6) is -0.445. The number of hydrazone groups is 1. The SMILES string of the molecule is O=C(N/N=C/c1ccc(Cl)c(Cl)c1)c1cccnc1Cl. The van der Waals surface area contributed by atoms with Gasteiger partial charge in [0.2, 0.25) is 0 Å². The number of hydrogen-bond acceptors (Lipinski definition) is 3. The van der Waals surface area contributed by atoms with Crippen LogP contribution in [-0.4, -0.2) is 17.1 Å². The molecule has 1 amide bonds. The number of rotatable bonds is 3. The second-order valence-corrected chi connectivity index (χ2v) is 4.89. The van der Waals surface area contributed by atoms with Crippen molar-refractivity contribution in [2.45, 2.75) is 0 Å². The molecule has 2 aromatic rings. The number of halogens is 3. The second-order valence-electron chi connectivity index (χ2n) is 3.71. The number of pyridine rings is 1. The molecule has 1 heterocycles. The normalized spacial score (nSPS) is 10.8. The van der Waals surface area contributed by atoms with Crippen molar-refractivity contribution in [1.29, 1.82) is 0 Å². The Morgan fingerprint density at radius 1 is 1.20 bits per heavy atom. The average molecular weight is 329 g/mol. The van der Waals surface area contributed by atoms with E-state index in [9.17, 15) is 4.79 Å². The Balaban J connectivity index is 2.05. The summed E-state index contributed by atoms with van der Waals surface area (Å²) in [6.45, 7) is 0. The number of nitrogens with zero attached hydrogens (tertiary/aromatic N) is 2. The van der Waals surface area contributed by atoms with Gasteiger partial charge in [-0.2, -0.15) is 5.10 Å². The summed E-state index contributed by atoms with van der Waals surface area (Å²) in [6, 6.07) is 8.17. The minimum absolute atomic E-state index is 0.120. The molecule has 2 rings (SSSR count). The van der Waals surface area contributed by atoms with Crippen molar-refractivity contribution in [2.24, 2.45) is 5.10 Å². The Labute approximate surface area is 130 Å². The van der Waals surface area contributed by atoms with E-state index in [0.29, 0.717) is 15.6 Å². The van der Waals surface area contributed by atoms with Gasteiger partial charge in [-0.3, -0.25) is 4.79 Å². The minimum Gasteiger partial charge on any atom is -0.267 e. The predicted molar refractivity (Wildman–Crippen MR) is 80.8 cm³/mol. The van der Waals surface area contributed by atoms with Crippen molar-refractivity contribution >= 4 is 46.9 Å². The third kappa shape index (κ3) is 3.70. The standard InChI is InChI=1S/C13H8Cl3N3O/c14-10-4-3-8(6-11(10)15)7-18-19-13(20)9-2-1-5-17-12(9)16/h1-7H,(H,19,20)/b18-7+. The van der Waals surface area contributed by atoms with Gasteiger partial charge in [0.1, 0.15) is 5.15 Å². The van der Waals surface area contributed by atoms with Gasteiger partial charge >= 0.3 is 0 Å². The van der Waals surface area contributed by atoms with Crippen LogP contribution in [-0.2, 0) is 0 Å². The maximum Gasteiger partial charge on any atom is 0.274 e. The predicted octanol–water partition coefficient (Wildman–Crippen LogP) is 3.81. The van der Waals surface area contributed by atoms with Gasteiger partial charge in [-0.1, -0.05) is 40.9 Å². The van der Waals surface area contributed by atoms with Gasteiger partial charge in [-0.05, 0) is 29.8 Å². The van der Waals surface area contributed by atoms with E-state index in [1.165, 1.54) is 12.4 Å². The van der Waals surface area contributed by atoms with Gasteiger partial charge in [-0.25, -0.2) is 10.4 Å². The maximum absolute atomic E-state index is 11.8. The highest BCUT2D eigenvalue weighted by Crippen LogP contribution is 2.21. The fourth-order valence-corrected chi connectivity index (χ4v) is 1.89. The van der Waals surface area contributed by atoms with Gasteiger partial charge in [0.05, 0.1) is 21.8 Å². The van der Waals surface area contributed by atoms with Crippen LogP contribution in [0, 0.1) is 0 Å². The van der Waals surface area contributed by atoms with Crippen molar-refractivity contribution in [3.8, 4) is 0 Å². The highest BCUT2D eigenvalue weighted by Gasteiger charge is 2.09. The first kappa shape index (κ1) is 14.8. The van der Waals surface area contributed by atoms with Crippen LogP contribution in [0.4, 0.5) is 0 Å². The van der Waals surface area contributed by atoms with E-state index in [1.807, 2.05) is 0 Å². The number of aromatic nitrogens is 1. The highest BCUT2D eigenvalue weighted by molar-refractivity contribution is 6.42. The molecule has 0 aliphatic rings. The van der Waals surface area contributed by atoms with E-state index in [1.54, 1.807) is 30.3 Å². The topological polar surface area (TPSA) is 54.4 Å². The Morgan fingerprint density at radius 3 is 2.70 bits per heavy atom. The third-order valence-corrected chi connectivity index (χ3v) is 3.37. The number of amides is 1. The van der Waals surface area contributed by atoms with Gasteiger partial charge in [0.25, 0.3) is 5.91 Å². The van der Waals surface area contributed by atoms with Crippen molar-refractivity contribution in [3.63, 3.8) is 0 Å². The van der Waals surface area contributed by atoms with E-state index in [0.717, 1.165) is 0 Å². The molecule has 0 atom stereocenters. The summed E-state index contributed by atoms with van der Waals surface area (Å²) >= 11 is 17.5. The zero-order chi connectivity index (χ0) is 14.5. The van der Waals surface area contributed by atoms with Crippen molar-refractivity contribution in [3.05, 3.63) is 62.9 Å². The molecular weight excluding hydrogens is 321 g/mol. The first-order chi connectivity index (χ1) is 9.58. The molecule has 102 valence electrons. The maximum atomic E-state index is 11.8. The molecule has 0 unspecified atom stereocenters. The number of carbonyl (C=O) groups is 1. The molecule has 1 aromatic carbocycles. The Hall–Kier alpha value is -1.62. The van der Waals surface area contributed by atoms with Crippen LogP contribution in [0.25, 0.3) is 0 Å². The van der Waals surface area contributed by atoms with Crippen LogP contribution in [0.2, 0.25) is 15.2 Å². The molecule has 0 bridgehead atoms. The van der Waals surface area contributed by atoms with Crippen LogP contribution in [0.1, 0.15) is 15.9 Å². The molecule has 1 N–H and O–H groups in total. The quantitative estimate of drug-likeness (QED) is 0.529. The number of nitrogens with one attached hydrogen (secondary N) is 1. The summed E-state index contributed by atoms with van der Waals surface area (Å²) in [5, 5.41) is 4.81. The lowest BCUT2D eigenvalue weighted by atomic mass is 10.2. The van der Waals surface area contributed by atoms with Crippen LogP contribution in [0.15, 0.2) is 41.6 Å². The molecule has 7 heteroatoms. The van der Waals surface area contributed by atoms with Gasteiger partial charge in [0.15, 0.2) is 0 Å². The zero-order valence-corrected chi connectivity index (χ0v) is 12.2. The molecule has 1 aromatic heterocycles. The lowest BCUT2D eigenvalue weighted by Gasteiger charge is -2.01. The Kier molecular flexibility index (Phi) is 4.95. The van der Waals surface area contributed by atoms with E-state index in [4.69, 9.17) is 34.8 Å². The lowest BCUT2D eigenvalue weighted by molar-refractivity contribution is 0.0955. The number of carbonyl (C=O) groups excluding carboxylic acids is 1. The molecule has 0 radical (unpaired) electrons. The Morgan fingerprint density at radius 2 is 2.00 bits per heavy atom. The zero-order valence-electron chi connectivity index (χ0n) is 9.98. The molecule has 0 aliphatic heterocycles. The summed E-state index contributed by atoms with van der Waals surface area (Å²) in [7, 11) is 0. The second kappa shape index (κ2) is 6.70. The van der Waals surface area contributed by atoms with Crippen LogP contribution in [0.3, 0.4) is 0 Å². The molecule has 4 nitrogen and oxygen atoms in total. The third-order valence-electron chi connectivity index (χ3n) is 2.33. The summed E-state index contributed by atoms with van der Waals surface area (Å²) in [6.07, 6.45) is 2.95. The number of hydrogen-bond donors (Lipinski definition) is 1. The minimum atomic E-state index is -0.445. The molecule has 20 heavy (non-hydrogen) atoms. The van der Waals surface area contributed by atoms with Crippen LogP contribution in [0.5, 0.6) is 0 Å². The molecule has 0 saturated heterocycles. The van der Waals surface area contributed by atoms with Gasteiger partial charge in [0, 0.05) is 6.20 Å². The molecule has 0 aliphatic carbocycles. The van der Waals surface area contributed by atoms with Gasteiger partial charge in [-0.15, -0.1) is 0 Å². The lowest BCUT2D eigenvalue weighted by Crippen LogP contribution is -2.18. The monoisotopic (exact) mass is 327 g/mol. The molecular formula is C13H8Cl3N3O. The van der Waals surface area contributed by atoms with Crippen molar-refractivity contribution in [1.82, 2.24) is 10.4 Å². The molecule has 0 fully saturated rings. The smallest absolute Gasteiger partial charge is 0.267 e. The largest absolute Gasteiger partial charge is 0.274 e. The highest BCUT2D eigenvalue weighted by atomic mass is 35.5. The molecule has 0 spiro atoms. The average Bonchev–Trinajstić information content (AvgIpc) is 2.43. The fraction of sp³-hybridized carbons (Fsp3) is 0. The Bertz CT molecular complexity index is 674. The first-order valence-electron chi connectivity index (χ1n) is 5.47. The van der Waals surface area contributed by atoms with Crippen LogP contribution < -0.4 is 5.43 Å². The fourth-order valence-electron chi connectivity index (χ4n) is 1.37. The van der Waals surface area contributed by atoms with E-state index >= 15 is 0 Å². The number of benzene rings is 1. The molecule has 0 saturated carbocycles. The van der Waals surface area contributed by atoms with E-state index in [-0.39, 0.29) is 10.7 Å².